The van der Waals surface area contributed by atoms with Crippen molar-refractivity contribution in [2.24, 2.45) is 0 Å². The van der Waals surface area contributed by atoms with Crippen LogP contribution in [0, 0.1) is 0 Å². The van der Waals surface area contributed by atoms with Gasteiger partial charge < -0.3 is 24.2 Å². The number of rotatable bonds is 7. The molecule has 9 heteroatoms. The minimum Gasteiger partial charge on any atom is -0.493 e. The molecule has 29 heavy (non-hydrogen) atoms. The molecular formula is C20H22N6O3. The number of hydrogen-bond donors (Lipinski definition) is 2. The highest BCUT2D eigenvalue weighted by Gasteiger charge is 2.18. The number of nitrogens with one attached hydrogen (secondary N) is 2. The van der Waals surface area contributed by atoms with Crippen molar-refractivity contribution in [2.45, 2.75) is 19.9 Å². The molecule has 0 saturated heterocycles. The van der Waals surface area contributed by atoms with E-state index in [0.29, 0.717) is 35.6 Å². The molecule has 1 aromatic carbocycles. The molecule has 2 N–H and O–H groups in total. The predicted octanol–water partition coefficient (Wildman–Crippen LogP) is 2.97. The third-order valence-corrected chi connectivity index (χ3v) is 4.65. The maximum absolute atomic E-state index is 5.63. The Bertz CT molecular complexity index is 1150. The number of H-pyrrole nitrogens is 1. The van der Waals surface area contributed by atoms with Crippen LogP contribution >= 0.6 is 0 Å². The monoisotopic (exact) mass is 394 g/mol. The lowest BCUT2D eigenvalue weighted by Gasteiger charge is -2.09. The average Bonchev–Trinajstić information content (AvgIpc) is 3.37. The van der Waals surface area contributed by atoms with Gasteiger partial charge in [0.1, 0.15) is 0 Å². The summed E-state index contributed by atoms with van der Waals surface area (Å²) in [6.45, 7) is 2.58. The Morgan fingerprint density at radius 2 is 1.97 bits per heavy atom. The van der Waals surface area contributed by atoms with Crippen molar-refractivity contribution in [3.05, 3.63) is 35.9 Å². The Kier molecular flexibility index (Phi) is 5.13. The molecule has 4 rings (SSSR count). The molecule has 9 nitrogen and oxygen atoms in total. The normalized spacial score (nSPS) is 11.2. The first-order valence-electron chi connectivity index (χ1n) is 9.25. The molecule has 0 aliphatic rings. The fraction of sp³-hybridized carbons (Fsp3) is 0.300. The minimum atomic E-state index is 0.299. The largest absolute Gasteiger partial charge is 0.493 e. The molecule has 0 bridgehead atoms. The number of benzene rings is 1. The van der Waals surface area contributed by atoms with Crippen molar-refractivity contribution in [1.82, 2.24) is 30.5 Å². The topological polar surface area (TPSA) is 111 Å². The van der Waals surface area contributed by atoms with Gasteiger partial charge in [0, 0.05) is 11.1 Å². The zero-order valence-corrected chi connectivity index (χ0v) is 16.7. The van der Waals surface area contributed by atoms with E-state index in [4.69, 9.17) is 18.9 Å². The fourth-order valence-electron chi connectivity index (χ4n) is 3.28. The number of aryl methyl sites for hydroxylation is 1. The molecule has 0 aliphatic heterocycles. The number of hydrogen-bond acceptors (Lipinski definition) is 8. The number of nitrogens with zero attached hydrogens (tertiary/aromatic N) is 4. The van der Waals surface area contributed by atoms with Crippen LogP contribution in [-0.4, -0.2) is 46.4 Å². The lowest BCUT2D eigenvalue weighted by atomic mass is 10.0. The standard InChI is InChI=1S/C20H22N6O3/c1-5-12-17(11-6-7-14(27-3)15(8-11)28-4)23-13-9-22-19(24-18(12)13)20-26-25-16(29-20)10-21-2/h6-9,21,23H,5,10H2,1-4H3. The van der Waals surface area contributed by atoms with Crippen LogP contribution in [0.3, 0.4) is 0 Å². The van der Waals surface area contributed by atoms with Gasteiger partial charge in [0.05, 0.1) is 43.7 Å². The van der Waals surface area contributed by atoms with E-state index in [-0.39, 0.29) is 0 Å². The molecule has 0 saturated carbocycles. The highest BCUT2D eigenvalue weighted by molar-refractivity contribution is 5.88. The van der Waals surface area contributed by atoms with Crippen molar-refractivity contribution in [3.63, 3.8) is 0 Å². The van der Waals surface area contributed by atoms with Crippen LogP contribution in [0.4, 0.5) is 0 Å². The molecule has 0 radical (unpaired) electrons. The SMILES string of the molecule is CCc1c(-c2ccc(OC)c(OC)c2)[nH]c2cnc(-c3nnc(CNC)o3)nc12. The lowest BCUT2D eigenvalue weighted by molar-refractivity contribution is 0.355. The summed E-state index contributed by atoms with van der Waals surface area (Å²) in [5.41, 5.74) is 4.69. The van der Waals surface area contributed by atoms with Gasteiger partial charge in [-0.15, -0.1) is 10.2 Å². The Labute approximate surface area is 167 Å². The summed E-state index contributed by atoms with van der Waals surface area (Å²) < 4.78 is 16.4. The van der Waals surface area contributed by atoms with Crippen molar-refractivity contribution in [2.75, 3.05) is 21.3 Å². The van der Waals surface area contributed by atoms with Gasteiger partial charge in [-0.2, -0.15) is 0 Å². The van der Waals surface area contributed by atoms with Gasteiger partial charge >= 0.3 is 0 Å². The fourth-order valence-corrected chi connectivity index (χ4v) is 3.28. The lowest BCUT2D eigenvalue weighted by Crippen LogP contribution is -2.04. The molecule has 0 fully saturated rings. The number of methoxy groups -OCH3 is 2. The molecule has 3 aromatic heterocycles. The Balaban J connectivity index is 1.80. The molecule has 150 valence electrons. The summed E-state index contributed by atoms with van der Waals surface area (Å²) in [5, 5.41) is 11.0. The first-order chi connectivity index (χ1) is 14.2. The zero-order chi connectivity index (χ0) is 20.4. The zero-order valence-electron chi connectivity index (χ0n) is 16.7. The third kappa shape index (κ3) is 3.40. The van der Waals surface area contributed by atoms with E-state index in [1.165, 1.54) is 0 Å². The van der Waals surface area contributed by atoms with Crippen molar-refractivity contribution < 1.29 is 13.9 Å². The number of aromatic amines is 1. The van der Waals surface area contributed by atoms with Crippen LogP contribution in [0.15, 0.2) is 28.8 Å². The second kappa shape index (κ2) is 7.88. The first kappa shape index (κ1) is 18.9. The minimum absolute atomic E-state index is 0.299. The van der Waals surface area contributed by atoms with Gasteiger partial charge in [0.2, 0.25) is 11.7 Å². The number of aromatic nitrogens is 5. The molecule has 3 heterocycles. The second-order valence-electron chi connectivity index (χ2n) is 6.39. The average molecular weight is 394 g/mol. The molecule has 0 spiro atoms. The van der Waals surface area contributed by atoms with E-state index in [2.05, 4.69) is 32.4 Å². The Morgan fingerprint density at radius 3 is 2.69 bits per heavy atom. The summed E-state index contributed by atoms with van der Waals surface area (Å²) in [6, 6.07) is 5.82. The van der Waals surface area contributed by atoms with Gasteiger partial charge in [-0.1, -0.05) is 6.92 Å². The molecular weight excluding hydrogens is 372 g/mol. The van der Waals surface area contributed by atoms with Crippen LogP contribution < -0.4 is 14.8 Å². The van der Waals surface area contributed by atoms with E-state index in [0.717, 1.165) is 34.3 Å². The van der Waals surface area contributed by atoms with Crippen molar-refractivity contribution >= 4 is 11.0 Å². The van der Waals surface area contributed by atoms with Crippen LogP contribution in [-0.2, 0) is 13.0 Å². The number of fused-ring (bicyclic) bond motifs is 1. The molecule has 0 amide bonds. The number of ether oxygens (including phenoxy) is 2. The van der Waals surface area contributed by atoms with Crippen molar-refractivity contribution in [3.8, 4) is 34.5 Å². The maximum Gasteiger partial charge on any atom is 0.285 e. The highest BCUT2D eigenvalue weighted by atomic mass is 16.5. The van der Waals surface area contributed by atoms with E-state index < -0.39 is 0 Å². The van der Waals surface area contributed by atoms with Crippen LogP contribution in [0.1, 0.15) is 18.4 Å². The predicted molar refractivity (Wildman–Crippen MR) is 108 cm³/mol. The smallest absolute Gasteiger partial charge is 0.285 e. The van der Waals surface area contributed by atoms with E-state index in [1.807, 2.05) is 25.2 Å². The van der Waals surface area contributed by atoms with Gasteiger partial charge in [-0.25, -0.2) is 9.97 Å². The van der Waals surface area contributed by atoms with Gasteiger partial charge in [-0.05, 0) is 31.7 Å². The van der Waals surface area contributed by atoms with Crippen molar-refractivity contribution in [1.29, 1.82) is 0 Å². The summed E-state index contributed by atoms with van der Waals surface area (Å²) in [7, 11) is 5.06. The van der Waals surface area contributed by atoms with Gasteiger partial charge in [-0.3, -0.25) is 0 Å². The summed E-state index contributed by atoms with van der Waals surface area (Å²) in [4.78, 5) is 12.5. The summed E-state index contributed by atoms with van der Waals surface area (Å²) in [5.74, 6) is 2.54. The third-order valence-electron chi connectivity index (χ3n) is 4.65. The Hall–Kier alpha value is -3.46. The summed E-state index contributed by atoms with van der Waals surface area (Å²) >= 11 is 0. The first-order valence-corrected chi connectivity index (χ1v) is 9.25. The summed E-state index contributed by atoms with van der Waals surface area (Å²) in [6.07, 6.45) is 2.53. The van der Waals surface area contributed by atoms with Crippen LogP contribution in [0.25, 0.3) is 34.0 Å². The van der Waals surface area contributed by atoms with Gasteiger partial charge in [0.25, 0.3) is 5.89 Å². The van der Waals surface area contributed by atoms with Crippen LogP contribution in [0.5, 0.6) is 11.5 Å². The second-order valence-corrected chi connectivity index (χ2v) is 6.39. The highest BCUT2D eigenvalue weighted by Crippen LogP contribution is 2.36. The molecule has 0 atom stereocenters. The maximum atomic E-state index is 5.63. The molecule has 0 unspecified atom stereocenters. The van der Waals surface area contributed by atoms with E-state index >= 15 is 0 Å². The molecule has 4 aromatic rings. The quantitative estimate of drug-likeness (QED) is 0.492. The van der Waals surface area contributed by atoms with Crippen LogP contribution in [0.2, 0.25) is 0 Å². The molecule has 0 aliphatic carbocycles. The van der Waals surface area contributed by atoms with E-state index in [9.17, 15) is 0 Å². The van der Waals surface area contributed by atoms with Gasteiger partial charge in [0.15, 0.2) is 11.5 Å². The Morgan fingerprint density at radius 1 is 1.14 bits per heavy atom. The van der Waals surface area contributed by atoms with E-state index in [1.54, 1.807) is 20.4 Å².